The number of fused-ring (bicyclic) bond motifs is 1. The first-order valence-corrected chi connectivity index (χ1v) is 10.5. The average molecular weight is 437 g/mol. The molecule has 168 valence electrons. The predicted molar refractivity (Wildman–Crippen MR) is 122 cm³/mol. The zero-order valence-electron chi connectivity index (χ0n) is 18.4. The number of methoxy groups -OCH3 is 2. The van der Waals surface area contributed by atoms with Crippen LogP contribution in [0.4, 0.5) is 10.5 Å². The topological polar surface area (TPSA) is 84.4 Å². The summed E-state index contributed by atoms with van der Waals surface area (Å²) < 4.78 is 16.9. The van der Waals surface area contributed by atoms with E-state index in [2.05, 4.69) is 16.9 Å². The zero-order valence-corrected chi connectivity index (χ0v) is 18.4. The van der Waals surface area contributed by atoms with E-state index in [1.807, 2.05) is 6.07 Å². The smallest absolute Gasteiger partial charge is 0.412 e. The number of nitrogens with zero attached hydrogens (tertiary/aromatic N) is 3. The summed E-state index contributed by atoms with van der Waals surface area (Å²) in [5.74, 6) is 2.40. The van der Waals surface area contributed by atoms with Crippen LogP contribution in [0.5, 0.6) is 23.0 Å². The fourth-order valence-electron chi connectivity index (χ4n) is 4.07. The largest absolute Gasteiger partial charge is 0.493 e. The van der Waals surface area contributed by atoms with E-state index < -0.39 is 6.09 Å². The molecule has 32 heavy (non-hydrogen) atoms. The van der Waals surface area contributed by atoms with Gasteiger partial charge in [-0.15, -0.1) is 0 Å². The summed E-state index contributed by atoms with van der Waals surface area (Å²) in [5.41, 5.74) is 1.36. The van der Waals surface area contributed by atoms with Crippen LogP contribution in [0.2, 0.25) is 0 Å². The molecular weight excluding hydrogens is 410 g/mol. The molecule has 0 atom stereocenters. The highest BCUT2D eigenvalue weighted by atomic mass is 16.5. The number of carboxylic acid groups (broad SMARTS) is 1. The van der Waals surface area contributed by atoms with Gasteiger partial charge in [0.15, 0.2) is 11.5 Å². The molecule has 4 rings (SSSR count). The first-order valence-electron chi connectivity index (χ1n) is 10.5. The number of anilines is 1. The van der Waals surface area contributed by atoms with E-state index in [4.69, 9.17) is 14.2 Å². The van der Waals surface area contributed by atoms with Gasteiger partial charge in [-0.3, -0.25) is 9.88 Å². The lowest BCUT2D eigenvalue weighted by atomic mass is 10.0. The van der Waals surface area contributed by atoms with Gasteiger partial charge in [0.2, 0.25) is 0 Å². The van der Waals surface area contributed by atoms with Gasteiger partial charge in [-0.1, -0.05) is 0 Å². The minimum Gasteiger partial charge on any atom is -0.493 e. The van der Waals surface area contributed by atoms with Crippen molar-refractivity contribution in [3.8, 4) is 23.0 Å². The van der Waals surface area contributed by atoms with Gasteiger partial charge in [-0.25, -0.2) is 4.79 Å². The van der Waals surface area contributed by atoms with Gasteiger partial charge >= 0.3 is 6.09 Å². The Kier molecular flexibility index (Phi) is 6.32. The summed E-state index contributed by atoms with van der Waals surface area (Å²) in [6.07, 6.45) is 2.36. The number of likely N-dealkylation sites (tertiary alicyclic amines) is 1. The zero-order chi connectivity index (χ0) is 22.7. The number of benzene rings is 2. The van der Waals surface area contributed by atoms with E-state index in [9.17, 15) is 9.90 Å². The van der Waals surface area contributed by atoms with Crippen LogP contribution < -0.4 is 19.1 Å². The number of aromatic nitrogens is 1. The van der Waals surface area contributed by atoms with Gasteiger partial charge in [0.25, 0.3) is 0 Å². The molecule has 2 heterocycles. The Morgan fingerprint density at radius 1 is 1.03 bits per heavy atom. The van der Waals surface area contributed by atoms with Gasteiger partial charge in [-0.2, -0.15) is 0 Å². The SMILES string of the molecule is COc1cc2nccc(Oc3ccc(N(C(=O)O)C4CCN(C)CC4)cc3)c2cc1OC. The third-order valence-corrected chi connectivity index (χ3v) is 5.81. The van der Waals surface area contributed by atoms with Gasteiger partial charge in [0.05, 0.1) is 19.7 Å². The Balaban J connectivity index is 1.58. The van der Waals surface area contributed by atoms with Crippen molar-refractivity contribution >= 4 is 22.7 Å². The highest BCUT2D eigenvalue weighted by Gasteiger charge is 2.28. The van der Waals surface area contributed by atoms with E-state index in [1.54, 1.807) is 56.8 Å². The normalized spacial score (nSPS) is 14.8. The molecule has 0 aliphatic carbocycles. The molecular formula is C24H27N3O5. The first kappa shape index (κ1) is 21.7. The van der Waals surface area contributed by atoms with Crippen LogP contribution in [0.1, 0.15) is 12.8 Å². The van der Waals surface area contributed by atoms with Crippen molar-refractivity contribution in [2.24, 2.45) is 0 Å². The van der Waals surface area contributed by atoms with Gasteiger partial charge in [0.1, 0.15) is 11.5 Å². The van der Waals surface area contributed by atoms with E-state index in [-0.39, 0.29) is 6.04 Å². The van der Waals surface area contributed by atoms with Gasteiger partial charge in [-0.05, 0) is 69.4 Å². The van der Waals surface area contributed by atoms with Crippen LogP contribution in [0, 0.1) is 0 Å². The van der Waals surface area contributed by atoms with Gasteiger partial charge in [0, 0.05) is 29.4 Å². The Hall–Kier alpha value is -3.52. The number of pyridine rings is 1. The highest BCUT2D eigenvalue weighted by molar-refractivity contribution is 5.89. The summed E-state index contributed by atoms with van der Waals surface area (Å²) in [4.78, 5) is 20.0. The van der Waals surface area contributed by atoms with Crippen LogP contribution in [0.25, 0.3) is 10.9 Å². The van der Waals surface area contributed by atoms with Crippen molar-refractivity contribution in [1.82, 2.24) is 9.88 Å². The van der Waals surface area contributed by atoms with Crippen LogP contribution >= 0.6 is 0 Å². The Morgan fingerprint density at radius 2 is 1.69 bits per heavy atom. The molecule has 0 radical (unpaired) electrons. The molecule has 8 nitrogen and oxygen atoms in total. The lowest BCUT2D eigenvalue weighted by Gasteiger charge is -2.35. The maximum absolute atomic E-state index is 12.0. The second-order valence-corrected chi connectivity index (χ2v) is 7.82. The molecule has 1 N–H and O–H groups in total. The van der Waals surface area contributed by atoms with E-state index in [0.29, 0.717) is 28.7 Å². The second-order valence-electron chi connectivity index (χ2n) is 7.82. The predicted octanol–water partition coefficient (Wildman–Crippen LogP) is 4.62. The standard InChI is InChI=1S/C24H27N3O5/c1-26-12-9-17(10-13-26)27(24(28)29)16-4-6-18(7-5-16)32-21-8-11-25-20-15-23(31-3)22(30-2)14-19(20)21/h4-8,11,14-15,17H,9-10,12-13H2,1-3H3,(H,28,29). The Morgan fingerprint density at radius 3 is 2.31 bits per heavy atom. The number of carbonyl (C=O) groups is 1. The molecule has 0 bridgehead atoms. The molecule has 0 saturated carbocycles. The minimum absolute atomic E-state index is 0.0259. The molecule has 1 saturated heterocycles. The summed E-state index contributed by atoms with van der Waals surface area (Å²) in [7, 11) is 5.22. The first-order chi connectivity index (χ1) is 15.5. The molecule has 1 aliphatic heterocycles. The van der Waals surface area contributed by atoms with E-state index >= 15 is 0 Å². The fourth-order valence-corrected chi connectivity index (χ4v) is 4.07. The van der Waals surface area contributed by atoms with Crippen molar-refractivity contribution in [1.29, 1.82) is 0 Å². The number of amides is 1. The lowest BCUT2D eigenvalue weighted by molar-refractivity contribution is 0.190. The van der Waals surface area contributed by atoms with Crippen molar-refractivity contribution in [3.05, 3.63) is 48.7 Å². The molecule has 1 aliphatic rings. The maximum Gasteiger partial charge on any atom is 0.412 e. The number of hydrogen-bond donors (Lipinski definition) is 1. The summed E-state index contributed by atoms with van der Waals surface area (Å²) >= 11 is 0. The highest BCUT2D eigenvalue weighted by Crippen LogP contribution is 2.37. The third kappa shape index (κ3) is 4.40. The molecule has 1 fully saturated rings. The average Bonchev–Trinajstić information content (AvgIpc) is 2.80. The van der Waals surface area contributed by atoms with Crippen LogP contribution in [0.3, 0.4) is 0 Å². The van der Waals surface area contributed by atoms with Crippen molar-refractivity contribution in [2.45, 2.75) is 18.9 Å². The number of ether oxygens (including phenoxy) is 3. The molecule has 0 unspecified atom stereocenters. The summed E-state index contributed by atoms with van der Waals surface area (Å²) in [6.45, 7) is 1.78. The Bertz CT molecular complexity index is 1090. The summed E-state index contributed by atoms with van der Waals surface area (Å²) in [5, 5.41) is 10.6. The molecule has 1 aromatic heterocycles. The molecule has 8 heteroatoms. The number of hydrogen-bond acceptors (Lipinski definition) is 6. The monoisotopic (exact) mass is 437 g/mol. The van der Waals surface area contributed by atoms with Crippen LogP contribution in [0.15, 0.2) is 48.7 Å². The van der Waals surface area contributed by atoms with E-state index in [1.165, 1.54) is 4.90 Å². The van der Waals surface area contributed by atoms with E-state index in [0.717, 1.165) is 36.8 Å². The molecule has 2 aromatic carbocycles. The van der Waals surface area contributed by atoms with Gasteiger partial charge < -0.3 is 24.2 Å². The van der Waals surface area contributed by atoms with Crippen molar-refractivity contribution < 1.29 is 24.1 Å². The number of piperidine rings is 1. The van der Waals surface area contributed by atoms with Crippen molar-refractivity contribution in [2.75, 3.05) is 39.3 Å². The van der Waals surface area contributed by atoms with Crippen LogP contribution in [-0.4, -0.2) is 61.5 Å². The molecule has 1 amide bonds. The lowest BCUT2D eigenvalue weighted by Crippen LogP contribution is -2.46. The quantitative estimate of drug-likeness (QED) is 0.602. The van der Waals surface area contributed by atoms with Crippen LogP contribution in [-0.2, 0) is 0 Å². The third-order valence-electron chi connectivity index (χ3n) is 5.81. The Labute approximate surface area is 186 Å². The summed E-state index contributed by atoms with van der Waals surface area (Å²) in [6, 6.07) is 12.5. The molecule has 3 aromatic rings. The minimum atomic E-state index is -0.936. The van der Waals surface area contributed by atoms with Crippen molar-refractivity contribution in [3.63, 3.8) is 0 Å². The number of rotatable bonds is 6. The second kappa shape index (κ2) is 9.32. The fraction of sp³-hybridized carbons (Fsp3) is 0.333. The maximum atomic E-state index is 12.0. The molecule has 0 spiro atoms.